The summed E-state index contributed by atoms with van der Waals surface area (Å²) >= 11 is 0. The molecule has 0 unspecified atom stereocenters. The molecule has 3 heteroatoms. The molecule has 0 aliphatic carbocycles. The largest absolute Gasteiger partial charge is 0.352 e. The Hall–Kier alpha value is -2.13. The Labute approximate surface area is 157 Å². The average molecular weight is 351 g/mol. The number of aryl methyl sites for hydroxylation is 1. The van der Waals surface area contributed by atoms with Gasteiger partial charge >= 0.3 is 0 Å². The molecule has 1 aliphatic rings. The zero-order valence-corrected chi connectivity index (χ0v) is 15.8. The number of carbonyl (C=O) groups is 1. The third kappa shape index (κ3) is 5.99. The van der Waals surface area contributed by atoms with Crippen LogP contribution in [-0.4, -0.2) is 30.4 Å². The monoisotopic (exact) mass is 350 g/mol. The van der Waals surface area contributed by atoms with Crippen LogP contribution in [-0.2, 0) is 17.8 Å². The fraction of sp³-hybridized carbons (Fsp3) is 0.435. The van der Waals surface area contributed by atoms with Gasteiger partial charge in [0, 0.05) is 19.5 Å². The molecule has 1 N–H and O–H groups in total. The summed E-state index contributed by atoms with van der Waals surface area (Å²) in [5.41, 5.74) is 3.84. The highest BCUT2D eigenvalue weighted by atomic mass is 16.1. The van der Waals surface area contributed by atoms with Gasteiger partial charge < -0.3 is 10.2 Å². The lowest BCUT2D eigenvalue weighted by atomic mass is 9.90. The Morgan fingerprint density at radius 1 is 1.04 bits per heavy atom. The minimum atomic E-state index is 0.151. The number of nitrogens with one attached hydrogen (secondary N) is 1. The van der Waals surface area contributed by atoms with Crippen LogP contribution in [0.4, 0.5) is 0 Å². The molecule has 0 bridgehead atoms. The molecular formula is C23H30N2O. The molecule has 1 fully saturated rings. The van der Waals surface area contributed by atoms with Crippen molar-refractivity contribution in [1.29, 1.82) is 0 Å². The van der Waals surface area contributed by atoms with E-state index in [0.717, 1.165) is 25.6 Å². The second-order valence-electron chi connectivity index (χ2n) is 7.49. The molecule has 1 saturated heterocycles. The minimum absolute atomic E-state index is 0.151. The Morgan fingerprint density at radius 3 is 2.50 bits per heavy atom. The quantitative estimate of drug-likeness (QED) is 0.820. The molecule has 0 aromatic heterocycles. The van der Waals surface area contributed by atoms with Gasteiger partial charge in [0.05, 0.1) is 0 Å². The normalized spacial score (nSPS) is 15.7. The summed E-state index contributed by atoms with van der Waals surface area (Å²) in [5.74, 6) is 0.932. The second kappa shape index (κ2) is 9.54. The number of piperidine rings is 1. The Kier molecular flexibility index (Phi) is 6.84. The third-order valence-corrected chi connectivity index (χ3v) is 5.30. The van der Waals surface area contributed by atoms with Gasteiger partial charge in [0.15, 0.2) is 0 Å². The maximum Gasteiger partial charge on any atom is 0.221 e. The predicted molar refractivity (Wildman–Crippen MR) is 107 cm³/mol. The molecule has 0 radical (unpaired) electrons. The molecule has 0 atom stereocenters. The van der Waals surface area contributed by atoms with Crippen LogP contribution in [0.3, 0.4) is 0 Å². The van der Waals surface area contributed by atoms with Crippen molar-refractivity contribution in [3.63, 3.8) is 0 Å². The van der Waals surface area contributed by atoms with Crippen molar-refractivity contribution in [1.82, 2.24) is 10.2 Å². The number of rotatable bonds is 7. The lowest BCUT2D eigenvalue weighted by molar-refractivity contribution is -0.121. The molecule has 3 nitrogen and oxygen atoms in total. The summed E-state index contributed by atoms with van der Waals surface area (Å²) in [6.45, 7) is 5.80. The Bertz CT molecular complexity index is 690. The van der Waals surface area contributed by atoms with Gasteiger partial charge in [-0.1, -0.05) is 60.2 Å². The molecule has 3 rings (SSSR count). The van der Waals surface area contributed by atoms with Gasteiger partial charge in [-0.25, -0.2) is 0 Å². The van der Waals surface area contributed by atoms with Gasteiger partial charge in [0.2, 0.25) is 5.91 Å². The summed E-state index contributed by atoms with van der Waals surface area (Å²) in [4.78, 5) is 14.5. The number of likely N-dealkylation sites (tertiary alicyclic amines) is 1. The first-order chi connectivity index (χ1) is 12.7. The van der Waals surface area contributed by atoms with E-state index in [2.05, 4.69) is 65.7 Å². The first-order valence-electron chi connectivity index (χ1n) is 9.77. The molecule has 0 saturated carbocycles. The van der Waals surface area contributed by atoms with Gasteiger partial charge in [0.1, 0.15) is 0 Å². The molecule has 1 aliphatic heterocycles. The number of amides is 1. The average Bonchev–Trinajstić information content (AvgIpc) is 2.67. The highest BCUT2D eigenvalue weighted by Gasteiger charge is 2.19. The zero-order chi connectivity index (χ0) is 18.2. The molecule has 138 valence electrons. The summed E-state index contributed by atoms with van der Waals surface area (Å²) < 4.78 is 0. The van der Waals surface area contributed by atoms with Gasteiger partial charge in [-0.15, -0.1) is 0 Å². The summed E-state index contributed by atoms with van der Waals surface area (Å²) in [6.07, 6.45) is 4.25. The molecular weight excluding hydrogens is 320 g/mol. The number of hydrogen-bond donors (Lipinski definition) is 1. The summed E-state index contributed by atoms with van der Waals surface area (Å²) in [5, 5.41) is 3.04. The minimum Gasteiger partial charge on any atom is -0.352 e. The van der Waals surface area contributed by atoms with Crippen molar-refractivity contribution in [2.45, 2.75) is 39.2 Å². The molecule has 26 heavy (non-hydrogen) atoms. The maximum atomic E-state index is 12.1. The molecule has 1 amide bonds. The van der Waals surface area contributed by atoms with Crippen molar-refractivity contribution in [2.75, 3.05) is 19.6 Å². The number of nitrogens with zero attached hydrogens (tertiary/aromatic N) is 1. The Morgan fingerprint density at radius 2 is 1.77 bits per heavy atom. The lowest BCUT2D eigenvalue weighted by Crippen LogP contribution is -2.37. The number of benzene rings is 2. The predicted octanol–water partition coefficient (Wildman–Crippen LogP) is 3.96. The van der Waals surface area contributed by atoms with Crippen LogP contribution in [0.5, 0.6) is 0 Å². The first-order valence-corrected chi connectivity index (χ1v) is 9.77. The van der Waals surface area contributed by atoms with Crippen LogP contribution in [0.2, 0.25) is 0 Å². The molecule has 0 spiro atoms. The van der Waals surface area contributed by atoms with Crippen molar-refractivity contribution in [2.24, 2.45) is 5.92 Å². The maximum absolute atomic E-state index is 12.1. The topological polar surface area (TPSA) is 32.3 Å². The van der Waals surface area contributed by atoms with Crippen LogP contribution in [0, 0.1) is 12.8 Å². The van der Waals surface area contributed by atoms with Crippen LogP contribution in [0.15, 0.2) is 54.6 Å². The fourth-order valence-electron chi connectivity index (χ4n) is 3.73. The second-order valence-corrected chi connectivity index (χ2v) is 7.49. The van der Waals surface area contributed by atoms with Crippen molar-refractivity contribution >= 4 is 5.91 Å². The third-order valence-electron chi connectivity index (χ3n) is 5.30. The first kappa shape index (κ1) is 18.7. The molecule has 2 aromatic carbocycles. The SMILES string of the molecule is Cc1cccc(CNC(=O)CCN2CCC(Cc3ccccc3)CC2)c1. The standard InChI is InChI=1S/C23H30N2O/c1-19-6-5-9-22(16-19)18-24-23(26)12-15-25-13-10-21(11-14-25)17-20-7-3-2-4-8-20/h2-9,16,21H,10-15,17-18H2,1H3,(H,24,26). The highest BCUT2D eigenvalue weighted by molar-refractivity contribution is 5.76. The highest BCUT2D eigenvalue weighted by Crippen LogP contribution is 2.21. The van der Waals surface area contributed by atoms with E-state index in [-0.39, 0.29) is 5.91 Å². The van der Waals surface area contributed by atoms with Crippen LogP contribution in [0.25, 0.3) is 0 Å². The summed E-state index contributed by atoms with van der Waals surface area (Å²) in [6, 6.07) is 19.1. The van der Waals surface area contributed by atoms with Crippen molar-refractivity contribution in [3.8, 4) is 0 Å². The number of hydrogen-bond acceptors (Lipinski definition) is 2. The van der Waals surface area contributed by atoms with E-state index in [1.54, 1.807) is 0 Å². The van der Waals surface area contributed by atoms with Crippen LogP contribution >= 0.6 is 0 Å². The van der Waals surface area contributed by atoms with Crippen LogP contribution in [0.1, 0.15) is 36.0 Å². The van der Waals surface area contributed by atoms with E-state index >= 15 is 0 Å². The summed E-state index contributed by atoms with van der Waals surface area (Å²) in [7, 11) is 0. The smallest absolute Gasteiger partial charge is 0.221 e. The molecule has 2 aromatic rings. The zero-order valence-electron chi connectivity index (χ0n) is 15.8. The van der Waals surface area contributed by atoms with E-state index in [1.807, 2.05) is 6.07 Å². The van der Waals surface area contributed by atoms with E-state index in [0.29, 0.717) is 13.0 Å². The van der Waals surface area contributed by atoms with Gasteiger partial charge in [-0.3, -0.25) is 4.79 Å². The van der Waals surface area contributed by atoms with Gasteiger partial charge in [-0.05, 0) is 56.3 Å². The van der Waals surface area contributed by atoms with E-state index in [1.165, 1.54) is 36.0 Å². The number of carbonyl (C=O) groups excluding carboxylic acids is 1. The molecule has 1 heterocycles. The fourth-order valence-corrected chi connectivity index (χ4v) is 3.73. The van der Waals surface area contributed by atoms with Crippen LogP contribution < -0.4 is 5.32 Å². The van der Waals surface area contributed by atoms with Crippen molar-refractivity contribution in [3.05, 3.63) is 71.3 Å². The van der Waals surface area contributed by atoms with Gasteiger partial charge in [0.25, 0.3) is 0 Å². The van der Waals surface area contributed by atoms with E-state index in [4.69, 9.17) is 0 Å². The van der Waals surface area contributed by atoms with Crippen molar-refractivity contribution < 1.29 is 4.79 Å². The van der Waals surface area contributed by atoms with E-state index in [9.17, 15) is 4.79 Å². The Balaban J connectivity index is 1.32. The van der Waals surface area contributed by atoms with E-state index < -0.39 is 0 Å². The lowest BCUT2D eigenvalue weighted by Gasteiger charge is -2.31. The van der Waals surface area contributed by atoms with Gasteiger partial charge in [-0.2, -0.15) is 0 Å².